The molecule has 1 aromatic rings. The molecule has 1 unspecified atom stereocenters. The lowest BCUT2D eigenvalue weighted by atomic mass is 10.2. The average molecular weight is 367 g/mol. The first kappa shape index (κ1) is 19.2. The van der Waals surface area contributed by atoms with Gasteiger partial charge in [-0.2, -0.15) is 0 Å². The smallest absolute Gasteiger partial charge is 0.407 e. The number of ether oxygens (including phenoxy) is 1. The largest absolute Gasteiger partial charge is 0.442 e. The van der Waals surface area contributed by atoms with Crippen LogP contribution in [0.1, 0.15) is 30.4 Å². The van der Waals surface area contributed by atoms with Gasteiger partial charge in [-0.05, 0) is 24.3 Å². The molecule has 1 saturated heterocycles. The van der Waals surface area contributed by atoms with Gasteiger partial charge in [0.05, 0.1) is 18.0 Å². The molecule has 1 atom stereocenters. The van der Waals surface area contributed by atoms with Crippen molar-refractivity contribution in [3.8, 4) is 0 Å². The van der Waals surface area contributed by atoms with E-state index in [1.807, 2.05) is 19.2 Å². The van der Waals surface area contributed by atoms with E-state index in [9.17, 15) is 14.4 Å². The number of rotatable bonds is 5. The molecule has 1 N–H and O–H groups in total. The average Bonchev–Trinajstić information content (AvgIpc) is 3.02. The van der Waals surface area contributed by atoms with E-state index >= 15 is 0 Å². The Kier molecular flexibility index (Phi) is 6.81. The molecular weight excluding hydrogens is 342 g/mol. The Morgan fingerprint density at radius 2 is 2.16 bits per heavy atom. The molecule has 2 rings (SSSR count). The molecular formula is C17H25N3O4S. The molecule has 0 bridgehead atoms. The molecule has 1 aromatic heterocycles. The number of carbonyl (C=O) groups excluding carboxylic acids is 3. The summed E-state index contributed by atoms with van der Waals surface area (Å²) in [6.45, 7) is 7.36. The number of hydrogen-bond acceptors (Lipinski definition) is 5. The summed E-state index contributed by atoms with van der Waals surface area (Å²) in [5.41, 5.74) is 0. The summed E-state index contributed by atoms with van der Waals surface area (Å²) in [5, 5.41) is 4.41. The fourth-order valence-electron chi connectivity index (χ4n) is 2.72. The van der Waals surface area contributed by atoms with Crippen LogP contribution in [0.25, 0.3) is 0 Å². The minimum absolute atomic E-state index is 0.00128. The van der Waals surface area contributed by atoms with Gasteiger partial charge in [-0.3, -0.25) is 9.59 Å². The molecule has 2 heterocycles. The number of nitrogens with one attached hydrogen (secondary N) is 1. The van der Waals surface area contributed by atoms with Gasteiger partial charge in [0.15, 0.2) is 0 Å². The molecule has 0 radical (unpaired) electrons. The lowest BCUT2D eigenvalue weighted by Crippen LogP contribution is -2.42. The summed E-state index contributed by atoms with van der Waals surface area (Å²) in [4.78, 5) is 40.7. The van der Waals surface area contributed by atoms with Crippen LogP contribution < -0.4 is 5.32 Å². The van der Waals surface area contributed by atoms with Gasteiger partial charge in [0.1, 0.15) is 12.6 Å². The topological polar surface area (TPSA) is 79.0 Å². The quantitative estimate of drug-likeness (QED) is 0.861. The van der Waals surface area contributed by atoms with Gasteiger partial charge in [-0.15, -0.1) is 11.3 Å². The highest BCUT2D eigenvalue weighted by molar-refractivity contribution is 7.12. The summed E-state index contributed by atoms with van der Waals surface area (Å²) in [5.74, 6) is -0.0477. The van der Waals surface area contributed by atoms with Gasteiger partial charge in [0.2, 0.25) is 5.91 Å². The van der Waals surface area contributed by atoms with Crippen molar-refractivity contribution in [2.24, 2.45) is 5.92 Å². The Labute approximate surface area is 151 Å². The van der Waals surface area contributed by atoms with Crippen LogP contribution in [0, 0.1) is 5.92 Å². The highest BCUT2D eigenvalue weighted by Crippen LogP contribution is 2.16. The zero-order valence-corrected chi connectivity index (χ0v) is 15.7. The summed E-state index contributed by atoms with van der Waals surface area (Å²) < 4.78 is 5.44. The molecule has 1 aliphatic heterocycles. The SMILES string of the molecule is CCNC(=O)OC1CN(CC(C)C)C(=O)CN(C(=O)c2cccs2)C1. The first-order valence-electron chi connectivity index (χ1n) is 8.45. The molecule has 138 valence electrons. The maximum atomic E-state index is 12.7. The maximum absolute atomic E-state index is 12.7. The number of nitrogens with zero attached hydrogens (tertiary/aromatic N) is 2. The van der Waals surface area contributed by atoms with Crippen molar-refractivity contribution < 1.29 is 19.1 Å². The zero-order valence-electron chi connectivity index (χ0n) is 14.9. The van der Waals surface area contributed by atoms with Gasteiger partial charge in [-0.1, -0.05) is 19.9 Å². The molecule has 8 heteroatoms. The number of alkyl carbamates (subject to hydrolysis) is 1. The van der Waals surface area contributed by atoms with E-state index in [0.29, 0.717) is 24.5 Å². The van der Waals surface area contributed by atoms with E-state index in [1.165, 1.54) is 16.2 Å². The van der Waals surface area contributed by atoms with E-state index in [1.54, 1.807) is 24.0 Å². The van der Waals surface area contributed by atoms with Crippen LogP contribution in [-0.2, 0) is 9.53 Å². The second-order valence-electron chi connectivity index (χ2n) is 6.41. The maximum Gasteiger partial charge on any atom is 0.407 e. The van der Waals surface area contributed by atoms with Crippen molar-refractivity contribution in [2.75, 3.05) is 32.7 Å². The Hall–Kier alpha value is -2.09. The lowest BCUT2D eigenvalue weighted by molar-refractivity contribution is -0.131. The molecule has 0 aromatic carbocycles. The van der Waals surface area contributed by atoms with Crippen LogP contribution in [0.4, 0.5) is 4.79 Å². The van der Waals surface area contributed by atoms with E-state index in [4.69, 9.17) is 4.74 Å². The standard InChI is InChI=1S/C17H25N3O4S/c1-4-18-17(23)24-13-9-19(8-12(2)3)15(21)11-20(10-13)16(22)14-6-5-7-25-14/h5-7,12-13H,4,8-11H2,1-3H3,(H,18,23). The van der Waals surface area contributed by atoms with Crippen LogP contribution in [0.15, 0.2) is 17.5 Å². The van der Waals surface area contributed by atoms with E-state index in [-0.39, 0.29) is 30.8 Å². The summed E-state index contributed by atoms with van der Waals surface area (Å²) >= 11 is 1.33. The van der Waals surface area contributed by atoms with Crippen molar-refractivity contribution >= 4 is 29.2 Å². The van der Waals surface area contributed by atoms with E-state index in [2.05, 4.69) is 5.32 Å². The van der Waals surface area contributed by atoms with E-state index in [0.717, 1.165) is 0 Å². The van der Waals surface area contributed by atoms with Crippen LogP contribution in [-0.4, -0.2) is 66.5 Å². The van der Waals surface area contributed by atoms with Crippen LogP contribution >= 0.6 is 11.3 Å². The second-order valence-corrected chi connectivity index (χ2v) is 7.36. The molecule has 0 spiro atoms. The predicted molar refractivity (Wildman–Crippen MR) is 95.6 cm³/mol. The highest BCUT2D eigenvalue weighted by atomic mass is 32.1. The minimum Gasteiger partial charge on any atom is -0.442 e. The molecule has 3 amide bonds. The van der Waals surface area contributed by atoms with Gasteiger partial charge in [0.25, 0.3) is 5.91 Å². The highest BCUT2D eigenvalue weighted by Gasteiger charge is 2.33. The Morgan fingerprint density at radius 3 is 2.76 bits per heavy atom. The fraction of sp³-hybridized carbons (Fsp3) is 0.588. The third kappa shape index (κ3) is 5.45. The molecule has 0 saturated carbocycles. The first-order chi connectivity index (χ1) is 11.9. The van der Waals surface area contributed by atoms with Crippen molar-refractivity contribution in [3.63, 3.8) is 0 Å². The molecule has 0 aliphatic carbocycles. The molecule has 1 fully saturated rings. The fourth-order valence-corrected chi connectivity index (χ4v) is 3.41. The normalized spacial score (nSPS) is 18.2. The van der Waals surface area contributed by atoms with Crippen LogP contribution in [0.2, 0.25) is 0 Å². The third-order valence-electron chi connectivity index (χ3n) is 3.73. The van der Waals surface area contributed by atoms with Gasteiger partial charge < -0.3 is 19.9 Å². The molecule has 25 heavy (non-hydrogen) atoms. The third-order valence-corrected chi connectivity index (χ3v) is 4.58. The zero-order chi connectivity index (χ0) is 18.4. The van der Waals surface area contributed by atoms with Crippen molar-refractivity contribution in [2.45, 2.75) is 26.9 Å². The van der Waals surface area contributed by atoms with Crippen LogP contribution in [0.5, 0.6) is 0 Å². The van der Waals surface area contributed by atoms with Crippen molar-refractivity contribution in [3.05, 3.63) is 22.4 Å². The second kappa shape index (κ2) is 8.84. The van der Waals surface area contributed by atoms with Crippen molar-refractivity contribution in [1.82, 2.24) is 15.1 Å². The van der Waals surface area contributed by atoms with Crippen molar-refractivity contribution in [1.29, 1.82) is 0 Å². The lowest BCUT2D eigenvalue weighted by Gasteiger charge is -2.25. The number of amides is 3. The van der Waals surface area contributed by atoms with Crippen LogP contribution in [0.3, 0.4) is 0 Å². The monoisotopic (exact) mass is 367 g/mol. The Bertz CT molecular complexity index is 603. The summed E-state index contributed by atoms with van der Waals surface area (Å²) in [6.07, 6.45) is -1.09. The predicted octanol–water partition coefficient (Wildman–Crippen LogP) is 1.80. The number of thiophene rings is 1. The number of hydrogen-bond donors (Lipinski definition) is 1. The van der Waals surface area contributed by atoms with E-state index < -0.39 is 12.2 Å². The van der Waals surface area contributed by atoms with Gasteiger partial charge in [0, 0.05) is 13.1 Å². The minimum atomic E-state index is -0.555. The summed E-state index contributed by atoms with van der Waals surface area (Å²) in [6, 6.07) is 3.53. The number of carbonyl (C=O) groups is 3. The first-order valence-corrected chi connectivity index (χ1v) is 9.33. The molecule has 7 nitrogen and oxygen atoms in total. The van der Waals surface area contributed by atoms with Gasteiger partial charge >= 0.3 is 6.09 Å². The van der Waals surface area contributed by atoms with Gasteiger partial charge in [-0.25, -0.2) is 4.79 Å². The summed E-state index contributed by atoms with van der Waals surface area (Å²) in [7, 11) is 0. The Morgan fingerprint density at radius 1 is 1.40 bits per heavy atom. The molecule has 1 aliphatic rings. The Balaban J connectivity index is 2.16.